The van der Waals surface area contributed by atoms with E-state index in [2.05, 4.69) is 18.7 Å². The number of carbonyl (C=O) groups is 2. The molecule has 1 heterocycles. The van der Waals surface area contributed by atoms with E-state index in [9.17, 15) is 14.7 Å². The number of benzene rings is 3. The first-order valence-electron chi connectivity index (χ1n) is 13.3. The molecule has 0 saturated carbocycles. The van der Waals surface area contributed by atoms with Crippen LogP contribution in [0.1, 0.15) is 42.1 Å². The van der Waals surface area contributed by atoms with E-state index >= 15 is 0 Å². The molecule has 4 rings (SSSR count). The maximum atomic E-state index is 13.3. The molecule has 1 aliphatic rings. The van der Waals surface area contributed by atoms with Gasteiger partial charge in [0.15, 0.2) is 0 Å². The highest BCUT2D eigenvalue weighted by molar-refractivity contribution is 6.46. The zero-order chi connectivity index (χ0) is 27.9. The van der Waals surface area contributed by atoms with Crippen LogP contribution in [0.4, 0.5) is 0 Å². The van der Waals surface area contributed by atoms with Gasteiger partial charge in [-0.2, -0.15) is 0 Å². The van der Waals surface area contributed by atoms with Crippen LogP contribution in [0.5, 0.6) is 11.5 Å². The first kappa shape index (κ1) is 27.9. The Morgan fingerprint density at radius 1 is 0.923 bits per heavy atom. The lowest BCUT2D eigenvalue weighted by Crippen LogP contribution is -2.38. The molecule has 0 aromatic heterocycles. The van der Waals surface area contributed by atoms with Crippen LogP contribution < -0.4 is 9.47 Å². The fourth-order valence-corrected chi connectivity index (χ4v) is 4.83. The van der Waals surface area contributed by atoms with E-state index in [1.807, 2.05) is 43.3 Å². The molecule has 0 spiro atoms. The predicted molar refractivity (Wildman–Crippen MR) is 152 cm³/mol. The number of rotatable bonds is 11. The molecule has 3 aromatic carbocycles. The summed E-state index contributed by atoms with van der Waals surface area (Å²) in [6.45, 7) is 9.26. The van der Waals surface area contributed by atoms with Crippen LogP contribution >= 0.6 is 0 Å². The van der Waals surface area contributed by atoms with Crippen LogP contribution in [-0.2, 0) is 16.2 Å². The van der Waals surface area contributed by atoms with Crippen molar-refractivity contribution < 1.29 is 24.2 Å². The normalized spacial score (nSPS) is 16.6. The first-order chi connectivity index (χ1) is 18.9. The molecule has 1 atom stereocenters. The lowest BCUT2D eigenvalue weighted by molar-refractivity contribution is -0.140. The Morgan fingerprint density at radius 3 is 2.18 bits per heavy atom. The minimum atomic E-state index is -0.705. The largest absolute Gasteiger partial charge is 0.507 e. The number of ketones is 1. The molecule has 0 aliphatic carbocycles. The third-order valence-corrected chi connectivity index (χ3v) is 7.31. The Bertz CT molecular complexity index is 1330. The van der Waals surface area contributed by atoms with Crippen LogP contribution in [0, 0.1) is 6.92 Å². The topological polar surface area (TPSA) is 79.3 Å². The van der Waals surface area contributed by atoms with Gasteiger partial charge in [-0.05, 0) is 73.1 Å². The number of Topliss-reactive ketones (excluding diaryl/α,β-unsaturated/α-hetero) is 1. The third-order valence-electron chi connectivity index (χ3n) is 7.31. The van der Waals surface area contributed by atoms with Crippen molar-refractivity contribution in [3.05, 3.63) is 101 Å². The van der Waals surface area contributed by atoms with Crippen molar-refractivity contribution in [2.45, 2.75) is 33.4 Å². The summed E-state index contributed by atoms with van der Waals surface area (Å²) in [6.07, 6.45) is 0. The predicted octanol–water partition coefficient (Wildman–Crippen LogP) is 5.35. The van der Waals surface area contributed by atoms with Crippen molar-refractivity contribution in [1.29, 1.82) is 0 Å². The van der Waals surface area contributed by atoms with E-state index < -0.39 is 17.7 Å². The van der Waals surface area contributed by atoms with Gasteiger partial charge in [-0.1, -0.05) is 50.2 Å². The van der Waals surface area contributed by atoms with Crippen LogP contribution in [0.15, 0.2) is 78.4 Å². The van der Waals surface area contributed by atoms with Crippen LogP contribution in [0.25, 0.3) is 5.76 Å². The summed E-state index contributed by atoms with van der Waals surface area (Å²) >= 11 is 0. The van der Waals surface area contributed by atoms with E-state index in [-0.39, 0.29) is 11.3 Å². The average molecular weight is 529 g/mol. The molecule has 1 N–H and O–H groups in total. The Morgan fingerprint density at radius 2 is 1.56 bits per heavy atom. The molecule has 7 nitrogen and oxygen atoms in total. The summed E-state index contributed by atoms with van der Waals surface area (Å²) in [5, 5.41) is 11.4. The van der Waals surface area contributed by atoms with Gasteiger partial charge in [0.2, 0.25) is 0 Å². The lowest BCUT2D eigenvalue weighted by atomic mass is 9.95. The SMILES string of the molecule is CCN(CC)CCN1C(=O)C(=O)C(=C(O)c2ccc(OCc3ccccc3C)cc2)C1c1ccc(OC)cc1. The zero-order valence-corrected chi connectivity index (χ0v) is 23.0. The number of aliphatic hydroxyl groups excluding tert-OH is 1. The van der Waals surface area contributed by atoms with Gasteiger partial charge in [-0.25, -0.2) is 0 Å². The molecule has 0 radical (unpaired) electrons. The molecule has 39 heavy (non-hydrogen) atoms. The molecule has 7 heteroatoms. The van der Waals surface area contributed by atoms with Crippen molar-refractivity contribution in [2.24, 2.45) is 0 Å². The second-order valence-electron chi connectivity index (χ2n) is 9.53. The summed E-state index contributed by atoms with van der Waals surface area (Å²) in [7, 11) is 1.58. The van der Waals surface area contributed by atoms with Crippen molar-refractivity contribution in [2.75, 3.05) is 33.3 Å². The summed E-state index contributed by atoms with van der Waals surface area (Å²) in [5.41, 5.74) is 3.50. The third kappa shape index (κ3) is 6.15. The standard InChI is InChI=1S/C32H36N2O5/c1-5-33(6-2)19-20-34-29(23-11-15-26(38-4)16-12-23)28(31(36)32(34)37)30(35)24-13-17-27(18-14-24)39-21-25-10-8-7-9-22(25)3/h7-18,29,35H,5-6,19-21H2,1-4H3. The van der Waals surface area contributed by atoms with Gasteiger partial charge in [0.05, 0.1) is 18.7 Å². The Balaban J connectivity index is 1.65. The second kappa shape index (κ2) is 12.6. The monoisotopic (exact) mass is 528 g/mol. The van der Waals surface area contributed by atoms with E-state index in [0.717, 1.165) is 29.8 Å². The summed E-state index contributed by atoms with van der Waals surface area (Å²) in [6, 6.07) is 21.5. The maximum Gasteiger partial charge on any atom is 0.295 e. The molecule has 1 aliphatic heterocycles. The number of nitrogens with zero attached hydrogens (tertiary/aromatic N) is 2. The first-order valence-corrected chi connectivity index (χ1v) is 13.3. The maximum absolute atomic E-state index is 13.3. The average Bonchev–Trinajstić information content (AvgIpc) is 3.22. The van der Waals surface area contributed by atoms with Gasteiger partial charge in [-0.15, -0.1) is 0 Å². The highest BCUT2D eigenvalue weighted by Crippen LogP contribution is 2.40. The van der Waals surface area contributed by atoms with Gasteiger partial charge in [0.1, 0.15) is 23.9 Å². The molecule has 1 unspecified atom stereocenters. The molecule has 204 valence electrons. The number of ether oxygens (including phenoxy) is 2. The van der Waals surface area contributed by atoms with Crippen molar-refractivity contribution >= 4 is 17.4 Å². The van der Waals surface area contributed by atoms with E-state index in [4.69, 9.17) is 9.47 Å². The number of aliphatic hydroxyl groups is 1. The smallest absolute Gasteiger partial charge is 0.295 e. The van der Waals surface area contributed by atoms with Crippen LogP contribution in [0.2, 0.25) is 0 Å². The minimum absolute atomic E-state index is 0.0818. The van der Waals surface area contributed by atoms with Crippen LogP contribution in [0.3, 0.4) is 0 Å². The van der Waals surface area contributed by atoms with Gasteiger partial charge in [0, 0.05) is 18.7 Å². The zero-order valence-electron chi connectivity index (χ0n) is 23.0. The quantitative estimate of drug-likeness (QED) is 0.205. The molecule has 1 saturated heterocycles. The summed E-state index contributed by atoms with van der Waals surface area (Å²) in [4.78, 5) is 30.3. The number of likely N-dealkylation sites (tertiary alicyclic amines) is 1. The van der Waals surface area contributed by atoms with Crippen molar-refractivity contribution in [3.63, 3.8) is 0 Å². The fourth-order valence-electron chi connectivity index (χ4n) is 4.83. The number of carbonyl (C=O) groups excluding carboxylic acids is 2. The molecule has 1 fully saturated rings. The number of methoxy groups -OCH3 is 1. The molecular formula is C32H36N2O5. The summed E-state index contributed by atoms with van der Waals surface area (Å²) < 4.78 is 11.2. The Labute approximate surface area is 230 Å². The number of likely N-dealkylation sites (N-methyl/N-ethyl adjacent to an activating group) is 1. The van der Waals surface area contributed by atoms with E-state index in [1.54, 1.807) is 48.4 Å². The lowest BCUT2D eigenvalue weighted by Gasteiger charge is -2.28. The van der Waals surface area contributed by atoms with Gasteiger partial charge >= 0.3 is 0 Å². The number of aryl methyl sites for hydroxylation is 1. The Hall–Kier alpha value is -4.10. The van der Waals surface area contributed by atoms with Gasteiger partial charge < -0.3 is 24.4 Å². The van der Waals surface area contributed by atoms with Crippen molar-refractivity contribution in [1.82, 2.24) is 9.80 Å². The Kier molecular flexibility index (Phi) is 9.04. The van der Waals surface area contributed by atoms with Crippen molar-refractivity contribution in [3.8, 4) is 11.5 Å². The van der Waals surface area contributed by atoms with Gasteiger partial charge in [-0.3, -0.25) is 9.59 Å². The highest BCUT2D eigenvalue weighted by Gasteiger charge is 2.46. The fraction of sp³-hybridized carbons (Fsp3) is 0.312. The minimum Gasteiger partial charge on any atom is -0.507 e. The number of hydrogen-bond donors (Lipinski definition) is 1. The summed E-state index contributed by atoms with van der Waals surface area (Å²) in [5.74, 6) is -0.193. The van der Waals surface area contributed by atoms with Crippen LogP contribution in [-0.4, -0.2) is 59.9 Å². The number of hydrogen-bond acceptors (Lipinski definition) is 6. The van der Waals surface area contributed by atoms with E-state index in [0.29, 0.717) is 36.8 Å². The van der Waals surface area contributed by atoms with Gasteiger partial charge in [0.25, 0.3) is 11.7 Å². The molecule has 0 bridgehead atoms. The molecule has 3 aromatic rings. The second-order valence-corrected chi connectivity index (χ2v) is 9.53. The molecule has 1 amide bonds. The number of amides is 1. The highest BCUT2D eigenvalue weighted by atomic mass is 16.5. The van der Waals surface area contributed by atoms with E-state index in [1.165, 1.54) is 0 Å². The molecular weight excluding hydrogens is 492 g/mol.